The fourth-order valence-electron chi connectivity index (χ4n) is 3.12. The number of nitrogens with one attached hydrogen (secondary N) is 2. The van der Waals surface area contributed by atoms with Crippen LogP contribution in [0.4, 0.5) is 24.5 Å². The Labute approximate surface area is 173 Å². The number of benzene rings is 3. The van der Waals surface area contributed by atoms with E-state index in [0.29, 0.717) is 44.0 Å². The Morgan fingerprint density at radius 2 is 1.60 bits per heavy atom. The number of hydrogen-bond acceptors (Lipinski definition) is 4. The summed E-state index contributed by atoms with van der Waals surface area (Å²) in [5.41, 5.74) is 2.14. The highest BCUT2D eigenvalue weighted by atomic mass is 35.5. The Morgan fingerprint density at radius 3 is 2.27 bits per heavy atom. The lowest BCUT2D eigenvalue weighted by Gasteiger charge is -2.11. The Balaban J connectivity index is 1.68. The van der Waals surface area contributed by atoms with Crippen LogP contribution in [0.15, 0.2) is 59.4 Å². The molecule has 4 rings (SSSR count). The lowest BCUT2D eigenvalue weighted by Crippen LogP contribution is -2.16. The van der Waals surface area contributed by atoms with E-state index >= 15 is 0 Å². The van der Waals surface area contributed by atoms with Crippen molar-refractivity contribution < 1.29 is 22.6 Å². The predicted octanol–water partition coefficient (Wildman–Crippen LogP) is 5.99. The molecule has 2 N–H and O–H groups in total. The number of rotatable bonds is 4. The quantitative estimate of drug-likeness (QED) is 0.387. The van der Waals surface area contributed by atoms with Crippen molar-refractivity contribution in [3.8, 4) is 11.5 Å². The van der Waals surface area contributed by atoms with Crippen LogP contribution in [-0.4, -0.2) is 18.5 Å². The third kappa shape index (κ3) is 3.99. The zero-order chi connectivity index (χ0) is 21.5. The minimum atomic E-state index is -4.75. The van der Waals surface area contributed by atoms with Gasteiger partial charge in [-0.25, -0.2) is 0 Å². The Bertz CT molecular complexity index is 1300. The normalized spacial score (nSPS) is 11.6. The molecule has 1 heterocycles. The van der Waals surface area contributed by atoms with E-state index in [1.165, 1.54) is 31.4 Å². The first-order chi connectivity index (χ1) is 14.2. The molecule has 0 atom stereocenters. The van der Waals surface area contributed by atoms with Crippen molar-refractivity contribution in [2.24, 2.45) is 0 Å². The SMILES string of the molecule is COc1cc2[nH]c3ccc(Nc4ccc(OC(F)(F)F)cc4)cc3c(=O)c2cc1Cl. The maximum absolute atomic E-state index is 13.0. The minimum absolute atomic E-state index is 0.208. The molecular formula is C21H14ClF3N2O3. The predicted molar refractivity (Wildman–Crippen MR) is 110 cm³/mol. The lowest BCUT2D eigenvalue weighted by molar-refractivity contribution is -0.274. The van der Waals surface area contributed by atoms with E-state index in [0.717, 1.165) is 0 Å². The zero-order valence-electron chi connectivity index (χ0n) is 15.4. The number of fused-ring (bicyclic) bond motifs is 2. The summed E-state index contributed by atoms with van der Waals surface area (Å²) in [5, 5.41) is 4.23. The van der Waals surface area contributed by atoms with Gasteiger partial charge in [-0.3, -0.25) is 4.79 Å². The van der Waals surface area contributed by atoms with Gasteiger partial charge in [0.1, 0.15) is 11.5 Å². The van der Waals surface area contributed by atoms with Crippen molar-refractivity contribution in [3.63, 3.8) is 0 Å². The summed E-state index contributed by atoms with van der Waals surface area (Å²) in [6, 6.07) is 13.6. The van der Waals surface area contributed by atoms with Gasteiger partial charge in [-0.15, -0.1) is 13.2 Å². The highest BCUT2D eigenvalue weighted by Gasteiger charge is 2.30. The Morgan fingerprint density at radius 1 is 0.933 bits per heavy atom. The van der Waals surface area contributed by atoms with Crippen LogP contribution in [0.1, 0.15) is 0 Å². The molecule has 0 amide bonds. The van der Waals surface area contributed by atoms with E-state index in [1.807, 2.05) is 0 Å². The van der Waals surface area contributed by atoms with Gasteiger partial charge >= 0.3 is 6.36 Å². The first-order valence-corrected chi connectivity index (χ1v) is 9.07. The van der Waals surface area contributed by atoms with Crippen LogP contribution in [0.5, 0.6) is 11.5 Å². The summed E-state index contributed by atoms with van der Waals surface area (Å²) in [7, 11) is 1.49. The van der Waals surface area contributed by atoms with Gasteiger partial charge in [0.15, 0.2) is 5.43 Å². The standard InChI is InChI=1S/C21H14ClF3N2O3/c1-29-19-10-18-15(9-16(19)22)20(28)14-8-12(4-7-17(14)27-18)26-11-2-5-13(6-3-11)30-21(23,24)25/h2-10,26H,1H3,(H,27,28). The van der Waals surface area contributed by atoms with Gasteiger partial charge in [-0.1, -0.05) is 11.6 Å². The first-order valence-electron chi connectivity index (χ1n) is 8.69. The number of aromatic amines is 1. The monoisotopic (exact) mass is 434 g/mol. The molecule has 5 nitrogen and oxygen atoms in total. The second-order valence-electron chi connectivity index (χ2n) is 6.44. The largest absolute Gasteiger partial charge is 0.573 e. The maximum Gasteiger partial charge on any atom is 0.573 e. The van der Waals surface area contributed by atoms with Crippen LogP contribution >= 0.6 is 11.6 Å². The van der Waals surface area contributed by atoms with E-state index in [-0.39, 0.29) is 11.2 Å². The molecule has 0 spiro atoms. The minimum Gasteiger partial charge on any atom is -0.495 e. The number of anilines is 2. The summed E-state index contributed by atoms with van der Waals surface area (Å²) < 4.78 is 45.8. The molecule has 0 unspecified atom stereocenters. The molecule has 9 heteroatoms. The number of ether oxygens (including phenoxy) is 2. The summed E-state index contributed by atoms with van der Waals surface area (Å²) in [5.74, 6) is 0.136. The third-order valence-corrected chi connectivity index (χ3v) is 4.74. The van der Waals surface area contributed by atoms with Gasteiger partial charge in [-0.2, -0.15) is 0 Å². The van der Waals surface area contributed by atoms with Crippen LogP contribution in [-0.2, 0) is 0 Å². The van der Waals surface area contributed by atoms with Crippen LogP contribution in [0.2, 0.25) is 5.02 Å². The highest BCUT2D eigenvalue weighted by molar-refractivity contribution is 6.32. The van der Waals surface area contributed by atoms with E-state index < -0.39 is 6.36 Å². The Hall–Kier alpha value is -3.39. The number of alkyl halides is 3. The first kappa shape index (κ1) is 19.9. The van der Waals surface area contributed by atoms with Gasteiger partial charge in [0.05, 0.1) is 17.6 Å². The second-order valence-corrected chi connectivity index (χ2v) is 6.85. The molecule has 0 bridgehead atoms. The van der Waals surface area contributed by atoms with Crippen LogP contribution < -0.4 is 20.2 Å². The molecule has 0 fully saturated rings. The van der Waals surface area contributed by atoms with Crippen molar-refractivity contribution in [2.75, 3.05) is 12.4 Å². The molecule has 0 radical (unpaired) electrons. The van der Waals surface area contributed by atoms with Gasteiger partial charge in [-0.05, 0) is 48.5 Å². The number of aromatic nitrogens is 1. The molecule has 4 aromatic rings. The number of halogens is 4. The second kappa shape index (κ2) is 7.46. The molecule has 1 aromatic heterocycles. The lowest BCUT2D eigenvalue weighted by atomic mass is 10.1. The Kier molecular flexibility index (Phi) is 4.95. The average molecular weight is 435 g/mol. The van der Waals surface area contributed by atoms with Gasteiger partial charge in [0.2, 0.25) is 0 Å². The summed E-state index contributed by atoms with van der Waals surface area (Å²) in [6.07, 6.45) is -4.75. The number of methoxy groups -OCH3 is 1. The summed E-state index contributed by atoms with van der Waals surface area (Å²) in [6.45, 7) is 0. The van der Waals surface area contributed by atoms with Crippen molar-refractivity contribution >= 4 is 44.8 Å². The molecule has 0 aliphatic rings. The fourth-order valence-corrected chi connectivity index (χ4v) is 3.36. The maximum atomic E-state index is 13.0. The van der Waals surface area contributed by atoms with Crippen molar-refractivity contribution in [1.82, 2.24) is 4.98 Å². The molecule has 0 saturated heterocycles. The zero-order valence-corrected chi connectivity index (χ0v) is 16.2. The molecule has 0 aliphatic carbocycles. The average Bonchev–Trinajstić information content (AvgIpc) is 2.69. The molecule has 30 heavy (non-hydrogen) atoms. The van der Waals surface area contributed by atoms with E-state index in [9.17, 15) is 18.0 Å². The van der Waals surface area contributed by atoms with E-state index in [4.69, 9.17) is 16.3 Å². The molecule has 3 aromatic carbocycles. The van der Waals surface area contributed by atoms with E-state index in [1.54, 1.807) is 30.3 Å². The van der Waals surface area contributed by atoms with Crippen LogP contribution in [0.3, 0.4) is 0 Å². The van der Waals surface area contributed by atoms with Crippen molar-refractivity contribution in [2.45, 2.75) is 6.36 Å². The number of hydrogen-bond donors (Lipinski definition) is 2. The van der Waals surface area contributed by atoms with Crippen molar-refractivity contribution in [1.29, 1.82) is 0 Å². The molecule has 154 valence electrons. The highest BCUT2D eigenvalue weighted by Crippen LogP contribution is 2.30. The fraction of sp³-hybridized carbons (Fsp3) is 0.0952. The topological polar surface area (TPSA) is 63.4 Å². The smallest absolute Gasteiger partial charge is 0.495 e. The summed E-state index contributed by atoms with van der Waals surface area (Å²) in [4.78, 5) is 16.1. The van der Waals surface area contributed by atoms with E-state index in [2.05, 4.69) is 15.0 Å². The van der Waals surface area contributed by atoms with Crippen molar-refractivity contribution in [3.05, 3.63) is 69.8 Å². The summed E-state index contributed by atoms with van der Waals surface area (Å²) >= 11 is 6.15. The third-order valence-electron chi connectivity index (χ3n) is 4.45. The molecule has 0 aliphatic heterocycles. The van der Waals surface area contributed by atoms with Gasteiger partial charge < -0.3 is 19.8 Å². The van der Waals surface area contributed by atoms with Crippen LogP contribution in [0, 0.1) is 0 Å². The van der Waals surface area contributed by atoms with Gasteiger partial charge in [0.25, 0.3) is 0 Å². The molecular weight excluding hydrogens is 421 g/mol. The number of pyridine rings is 1. The van der Waals surface area contributed by atoms with Gasteiger partial charge in [0, 0.05) is 33.7 Å². The molecule has 0 saturated carbocycles. The van der Waals surface area contributed by atoms with Crippen LogP contribution in [0.25, 0.3) is 21.8 Å². The number of H-pyrrole nitrogens is 1.